The molecule has 2 aliphatic rings. The third kappa shape index (κ3) is 4.61. The molecule has 0 N–H and O–H groups in total. The van der Waals surface area contributed by atoms with Crippen LogP contribution in [0.25, 0.3) is 66.8 Å². The molecule has 2 aliphatic heterocycles. The van der Waals surface area contributed by atoms with Gasteiger partial charge in [-0.05, 0) is 115 Å². The average Bonchev–Trinajstić information content (AvgIpc) is 3.21. The first kappa shape index (κ1) is 28.5. The Morgan fingerprint density at radius 2 is 0.660 bits per heavy atom. The molecule has 3 nitrogen and oxygen atoms in total. The maximum absolute atomic E-state index is 4.18. The van der Waals surface area contributed by atoms with Gasteiger partial charge in [0.1, 0.15) is 0 Å². The van der Waals surface area contributed by atoms with Crippen LogP contribution in [0.5, 0.6) is 0 Å². The molecule has 0 aliphatic carbocycles. The minimum absolute atomic E-state index is 0.0818. The predicted molar refractivity (Wildman–Crippen MR) is 208 cm³/mol. The Morgan fingerprint density at radius 1 is 0.320 bits per heavy atom. The van der Waals surface area contributed by atoms with Gasteiger partial charge in [-0.25, -0.2) is 0 Å². The number of aromatic nitrogens is 2. The lowest BCUT2D eigenvalue weighted by Crippen LogP contribution is -2.59. The maximum atomic E-state index is 4.18. The number of rotatable bonds is 4. The Morgan fingerprint density at radius 3 is 1.08 bits per heavy atom. The molecule has 8 aromatic rings. The van der Waals surface area contributed by atoms with Gasteiger partial charge in [-0.2, -0.15) is 0 Å². The zero-order valence-corrected chi connectivity index (χ0v) is 27.2. The minimum Gasteiger partial charge on any atom is -0.376 e. The molecule has 0 saturated heterocycles. The van der Waals surface area contributed by atoms with Gasteiger partial charge in [0.05, 0.1) is 0 Å². The van der Waals surface area contributed by atoms with Crippen LogP contribution in [-0.4, -0.2) is 16.8 Å². The number of pyridine rings is 2. The van der Waals surface area contributed by atoms with Crippen LogP contribution in [-0.2, 0) is 0 Å². The van der Waals surface area contributed by atoms with E-state index < -0.39 is 0 Å². The molecule has 0 amide bonds. The molecule has 0 bridgehead atoms. The Bertz CT molecular complexity index is 2350. The van der Waals surface area contributed by atoms with Crippen molar-refractivity contribution in [2.75, 3.05) is 4.81 Å². The van der Waals surface area contributed by atoms with Crippen LogP contribution >= 0.6 is 0 Å². The van der Waals surface area contributed by atoms with E-state index in [-0.39, 0.29) is 6.85 Å². The first-order valence-corrected chi connectivity index (χ1v) is 17.1. The fourth-order valence-corrected chi connectivity index (χ4v) is 7.90. The van der Waals surface area contributed by atoms with Crippen molar-refractivity contribution in [1.29, 1.82) is 0 Å². The van der Waals surface area contributed by atoms with Gasteiger partial charge in [-0.15, -0.1) is 0 Å². The fraction of sp³-hybridized carbons (Fsp3) is 0. The van der Waals surface area contributed by atoms with Crippen molar-refractivity contribution in [3.05, 3.63) is 183 Å². The molecule has 0 fully saturated rings. The van der Waals surface area contributed by atoms with Crippen molar-refractivity contribution >= 4 is 29.1 Å². The molecule has 0 atom stereocenters. The highest BCUT2D eigenvalue weighted by Gasteiger charge is 2.42. The van der Waals surface area contributed by atoms with E-state index in [4.69, 9.17) is 0 Å². The van der Waals surface area contributed by atoms with Gasteiger partial charge in [0.15, 0.2) is 0 Å². The van der Waals surface area contributed by atoms with E-state index >= 15 is 0 Å². The molecule has 0 spiro atoms. The minimum atomic E-state index is 0.0818. The SMILES string of the molecule is c1ccc2c(c1)B1c3ccccc3-c3cc(-c4ccc(-c5ccncc5)cc4)ccc3N1c1ccc(-c3ccc(-c4ccncc4)cc3)cc1-2. The van der Waals surface area contributed by atoms with Gasteiger partial charge in [0.2, 0.25) is 0 Å². The summed E-state index contributed by atoms with van der Waals surface area (Å²) < 4.78 is 0. The second-order valence-corrected chi connectivity index (χ2v) is 13.0. The van der Waals surface area contributed by atoms with Crippen LogP contribution in [0.4, 0.5) is 11.4 Å². The Balaban J connectivity index is 1.09. The second kappa shape index (κ2) is 11.6. The summed E-state index contributed by atoms with van der Waals surface area (Å²) in [5.41, 5.74) is 19.8. The number of benzene rings is 6. The van der Waals surface area contributed by atoms with Crippen LogP contribution < -0.4 is 15.7 Å². The maximum Gasteiger partial charge on any atom is 0.329 e. The summed E-state index contributed by atoms with van der Waals surface area (Å²) in [5.74, 6) is 0. The predicted octanol–water partition coefficient (Wildman–Crippen LogP) is 10.0. The third-order valence-electron chi connectivity index (χ3n) is 10.3. The molecular weight excluding hydrogens is 605 g/mol. The monoisotopic (exact) mass is 635 g/mol. The van der Waals surface area contributed by atoms with Gasteiger partial charge < -0.3 is 4.81 Å². The number of hydrogen-bond acceptors (Lipinski definition) is 3. The summed E-state index contributed by atoms with van der Waals surface area (Å²) in [6, 6.07) is 57.8. The lowest BCUT2D eigenvalue weighted by atomic mass is 9.43. The van der Waals surface area contributed by atoms with Crippen molar-refractivity contribution in [1.82, 2.24) is 9.97 Å². The summed E-state index contributed by atoms with van der Waals surface area (Å²) in [7, 11) is 0. The lowest BCUT2D eigenvalue weighted by Gasteiger charge is -2.43. The summed E-state index contributed by atoms with van der Waals surface area (Å²) in [6.07, 6.45) is 7.38. The molecule has 232 valence electrons. The topological polar surface area (TPSA) is 29.0 Å². The average molecular weight is 636 g/mol. The molecule has 0 saturated carbocycles. The van der Waals surface area contributed by atoms with E-state index in [1.807, 2.05) is 24.8 Å². The highest BCUT2D eigenvalue weighted by molar-refractivity contribution is 6.92. The van der Waals surface area contributed by atoms with Gasteiger partial charge in [-0.1, -0.05) is 109 Å². The first-order valence-electron chi connectivity index (χ1n) is 17.1. The molecule has 4 heterocycles. The highest BCUT2D eigenvalue weighted by atomic mass is 15.1. The Kier molecular flexibility index (Phi) is 6.60. The smallest absolute Gasteiger partial charge is 0.329 e. The van der Waals surface area contributed by atoms with E-state index in [2.05, 4.69) is 173 Å². The van der Waals surface area contributed by atoms with E-state index in [1.165, 1.54) is 89.1 Å². The number of fused-ring (bicyclic) bond motifs is 11. The van der Waals surface area contributed by atoms with Gasteiger partial charge in [-0.3, -0.25) is 9.97 Å². The molecule has 0 unspecified atom stereocenters. The summed E-state index contributed by atoms with van der Waals surface area (Å²) in [6.45, 7) is 0.0818. The standard InChI is InChI=1S/C46H30BN3/c1-3-7-43-39(5-1)41-29-37(33-13-9-31(10-14-33)35-21-25-48-26-22-35)17-19-45(41)50-46-20-18-38(30-42(46)40-6-2-4-8-44(40)47(43)50)34-15-11-32(12-16-34)36-23-27-49-28-24-36/h1-30H. The van der Waals surface area contributed by atoms with Crippen LogP contribution in [0, 0.1) is 0 Å². The Hall–Kier alpha value is -6.52. The summed E-state index contributed by atoms with van der Waals surface area (Å²) >= 11 is 0. The Labute approximate surface area is 292 Å². The van der Waals surface area contributed by atoms with E-state index in [1.54, 1.807) is 0 Å². The molecule has 50 heavy (non-hydrogen) atoms. The van der Waals surface area contributed by atoms with Crippen molar-refractivity contribution in [2.24, 2.45) is 0 Å². The van der Waals surface area contributed by atoms with Crippen molar-refractivity contribution in [2.45, 2.75) is 0 Å². The number of nitrogens with zero attached hydrogens (tertiary/aromatic N) is 3. The van der Waals surface area contributed by atoms with Crippen molar-refractivity contribution < 1.29 is 0 Å². The fourth-order valence-electron chi connectivity index (χ4n) is 7.90. The van der Waals surface area contributed by atoms with Gasteiger partial charge >= 0.3 is 6.85 Å². The molecule has 4 heteroatoms. The summed E-state index contributed by atoms with van der Waals surface area (Å²) in [5, 5.41) is 0. The van der Waals surface area contributed by atoms with Crippen LogP contribution in [0.2, 0.25) is 0 Å². The molecule has 2 aromatic heterocycles. The molecule has 0 radical (unpaired) electrons. The summed E-state index contributed by atoms with van der Waals surface area (Å²) in [4.78, 5) is 10.9. The third-order valence-corrected chi connectivity index (χ3v) is 10.3. The van der Waals surface area contributed by atoms with E-state index in [0.29, 0.717) is 0 Å². The molecular formula is C46H30BN3. The van der Waals surface area contributed by atoms with E-state index in [0.717, 1.165) is 0 Å². The van der Waals surface area contributed by atoms with Gasteiger partial charge in [0.25, 0.3) is 0 Å². The number of anilines is 2. The largest absolute Gasteiger partial charge is 0.376 e. The zero-order chi connectivity index (χ0) is 33.0. The van der Waals surface area contributed by atoms with E-state index in [9.17, 15) is 0 Å². The highest BCUT2D eigenvalue weighted by Crippen LogP contribution is 2.47. The van der Waals surface area contributed by atoms with Gasteiger partial charge in [0, 0.05) is 47.3 Å². The number of hydrogen-bond donors (Lipinski definition) is 0. The molecule has 6 aromatic carbocycles. The molecule has 10 rings (SSSR count). The quantitative estimate of drug-likeness (QED) is 0.180. The van der Waals surface area contributed by atoms with Crippen LogP contribution in [0.15, 0.2) is 183 Å². The van der Waals surface area contributed by atoms with Crippen LogP contribution in [0.3, 0.4) is 0 Å². The first-order chi connectivity index (χ1) is 24.8. The van der Waals surface area contributed by atoms with Crippen molar-refractivity contribution in [3.63, 3.8) is 0 Å². The zero-order valence-electron chi connectivity index (χ0n) is 27.2. The lowest BCUT2D eigenvalue weighted by molar-refractivity contribution is 1.33. The van der Waals surface area contributed by atoms with Crippen LogP contribution in [0.1, 0.15) is 0 Å². The second-order valence-electron chi connectivity index (χ2n) is 13.0. The van der Waals surface area contributed by atoms with Crippen molar-refractivity contribution in [3.8, 4) is 66.8 Å². The normalized spacial score (nSPS) is 12.3.